The molecule has 2 unspecified atom stereocenters. The lowest BCUT2D eigenvalue weighted by molar-refractivity contribution is -0.136. The van der Waals surface area contributed by atoms with Crippen LogP contribution in [0.15, 0.2) is 12.2 Å². The first-order valence-electron chi connectivity index (χ1n) is 7.39. The molecule has 19 heavy (non-hydrogen) atoms. The summed E-state index contributed by atoms with van der Waals surface area (Å²) in [5.41, 5.74) is 1.05. The predicted molar refractivity (Wildman–Crippen MR) is 72.3 cm³/mol. The van der Waals surface area contributed by atoms with Crippen molar-refractivity contribution >= 4 is 11.8 Å². The van der Waals surface area contributed by atoms with Crippen LogP contribution >= 0.6 is 0 Å². The molecule has 0 aromatic rings. The quantitative estimate of drug-likeness (QED) is 0.777. The van der Waals surface area contributed by atoms with Crippen LogP contribution in [0.5, 0.6) is 0 Å². The number of hydrogen-bond acceptors (Lipinski definition) is 2. The molecule has 2 aliphatic carbocycles. The average molecular weight is 262 g/mol. The van der Waals surface area contributed by atoms with Gasteiger partial charge in [-0.1, -0.05) is 12.2 Å². The first-order chi connectivity index (χ1) is 9.15. The smallest absolute Gasteiger partial charge is 0.230 e. The summed E-state index contributed by atoms with van der Waals surface area (Å²) in [4.78, 5) is 26.1. The number of carbonyl (C=O) groups is 2. The molecule has 1 saturated heterocycles. The van der Waals surface area contributed by atoms with Crippen molar-refractivity contribution in [3.63, 3.8) is 0 Å². The molecule has 2 saturated carbocycles. The minimum Gasteiger partial charge on any atom is -0.356 e. The molecule has 1 aliphatic heterocycles. The maximum atomic E-state index is 12.1. The highest BCUT2D eigenvalue weighted by Gasteiger charge is 2.39. The van der Waals surface area contributed by atoms with Crippen molar-refractivity contribution in [3.05, 3.63) is 12.2 Å². The molecule has 2 amide bonds. The fourth-order valence-electron chi connectivity index (χ4n) is 2.79. The number of rotatable bonds is 4. The van der Waals surface area contributed by atoms with E-state index in [9.17, 15) is 9.59 Å². The van der Waals surface area contributed by atoms with Crippen LogP contribution in [0.1, 0.15) is 32.1 Å². The second-order valence-corrected chi connectivity index (χ2v) is 6.23. The molecule has 1 N–H and O–H groups in total. The Balaban J connectivity index is 1.50. The lowest BCUT2D eigenvalue weighted by atomic mass is 9.96. The van der Waals surface area contributed by atoms with Crippen LogP contribution in [0.2, 0.25) is 0 Å². The Morgan fingerprint density at radius 1 is 1.32 bits per heavy atom. The van der Waals surface area contributed by atoms with Gasteiger partial charge in [-0.3, -0.25) is 9.59 Å². The number of likely N-dealkylation sites (tertiary alicyclic amines) is 1. The largest absolute Gasteiger partial charge is 0.356 e. The van der Waals surface area contributed by atoms with Gasteiger partial charge >= 0.3 is 0 Å². The summed E-state index contributed by atoms with van der Waals surface area (Å²) in [6.45, 7) is 6.07. The Bertz CT molecular complexity index is 414. The molecule has 0 bridgehead atoms. The van der Waals surface area contributed by atoms with E-state index in [1.807, 2.05) is 4.90 Å². The summed E-state index contributed by atoms with van der Waals surface area (Å²) >= 11 is 0. The first kappa shape index (κ1) is 12.7. The first-order valence-corrected chi connectivity index (χ1v) is 7.39. The van der Waals surface area contributed by atoms with E-state index >= 15 is 0 Å². The van der Waals surface area contributed by atoms with Gasteiger partial charge in [-0.25, -0.2) is 0 Å². The molecule has 1 heterocycles. The van der Waals surface area contributed by atoms with Gasteiger partial charge in [0.2, 0.25) is 11.8 Å². The number of carbonyl (C=O) groups excluding carboxylic acids is 2. The molecule has 3 rings (SSSR count). The third-order valence-electron chi connectivity index (χ3n) is 4.46. The summed E-state index contributed by atoms with van der Waals surface area (Å²) < 4.78 is 0. The number of amides is 2. The van der Waals surface area contributed by atoms with Gasteiger partial charge < -0.3 is 10.2 Å². The molecule has 0 aromatic heterocycles. The Morgan fingerprint density at radius 2 is 2.05 bits per heavy atom. The topological polar surface area (TPSA) is 49.4 Å². The van der Waals surface area contributed by atoms with Crippen LogP contribution in [0.25, 0.3) is 0 Å². The molecule has 3 fully saturated rings. The van der Waals surface area contributed by atoms with Crippen LogP contribution in [0, 0.1) is 17.8 Å². The van der Waals surface area contributed by atoms with E-state index in [-0.39, 0.29) is 23.7 Å². The van der Waals surface area contributed by atoms with Gasteiger partial charge in [-0.2, -0.15) is 0 Å². The molecular weight excluding hydrogens is 240 g/mol. The van der Waals surface area contributed by atoms with Gasteiger partial charge in [-0.15, -0.1) is 0 Å². The Morgan fingerprint density at radius 3 is 2.68 bits per heavy atom. The normalized spacial score (nSPS) is 30.1. The molecular formula is C15H22N2O2. The van der Waals surface area contributed by atoms with Crippen LogP contribution in [-0.2, 0) is 9.59 Å². The SMILES string of the molecule is C=C1CC1C(=O)N1CCCC(C(=O)NCC2CC2)C1. The Hall–Kier alpha value is -1.32. The van der Waals surface area contributed by atoms with Gasteiger partial charge in [0.05, 0.1) is 11.8 Å². The van der Waals surface area contributed by atoms with E-state index in [2.05, 4.69) is 11.9 Å². The number of nitrogens with zero attached hydrogens (tertiary/aromatic N) is 1. The minimum atomic E-state index is -0.0107. The van der Waals surface area contributed by atoms with Crippen molar-refractivity contribution in [3.8, 4) is 0 Å². The molecule has 4 nitrogen and oxygen atoms in total. The van der Waals surface area contributed by atoms with Crippen LogP contribution in [0.3, 0.4) is 0 Å². The zero-order valence-electron chi connectivity index (χ0n) is 11.4. The second-order valence-electron chi connectivity index (χ2n) is 6.23. The fraction of sp³-hybridized carbons (Fsp3) is 0.733. The van der Waals surface area contributed by atoms with Gasteiger partial charge in [-0.05, 0) is 38.0 Å². The third-order valence-corrected chi connectivity index (χ3v) is 4.46. The highest BCUT2D eigenvalue weighted by Crippen LogP contribution is 2.38. The molecule has 0 radical (unpaired) electrons. The number of piperidine rings is 1. The summed E-state index contributed by atoms with van der Waals surface area (Å²) in [6, 6.07) is 0. The summed E-state index contributed by atoms with van der Waals surface area (Å²) in [7, 11) is 0. The molecule has 104 valence electrons. The lowest BCUT2D eigenvalue weighted by Crippen LogP contribution is -2.46. The monoisotopic (exact) mass is 262 g/mol. The van der Waals surface area contributed by atoms with Crippen molar-refractivity contribution in [1.29, 1.82) is 0 Å². The van der Waals surface area contributed by atoms with Crippen molar-refractivity contribution in [2.24, 2.45) is 17.8 Å². The zero-order chi connectivity index (χ0) is 13.4. The number of hydrogen-bond donors (Lipinski definition) is 1. The van der Waals surface area contributed by atoms with Crippen molar-refractivity contribution < 1.29 is 9.59 Å². The molecule has 2 atom stereocenters. The fourth-order valence-corrected chi connectivity index (χ4v) is 2.79. The van der Waals surface area contributed by atoms with E-state index in [4.69, 9.17) is 0 Å². The Kier molecular flexibility index (Phi) is 3.33. The van der Waals surface area contributed by atoms with Gasteiger partial charge in [0, 0.05) is 19.6 Å². The van der Waals surface area contributed by atoms with Crippen LogP contribution in [-0.4, -0.2) is 36.3 Å². The van der Waals surface area contributed by atoms with E-state index in [1.54, 1.807) is 0 Å². The van der Waals surface area contributed by atoms with E-state index in [0.717, 1.165) is 37.9 Å². The second kappa shape index (κ2) is 4.99. The average Bonchev–Trinajstić information content (AvgIpc) is 3.32. The van der Waals surface area contributed by atoms with E-state index in [0.29, 0.717) is 12.5 Å². The standard InChI is InChI=1S/C15H22N2O2/c1-10-7-13(10)15(19)17-6-2-3-12(9-17)14(18)16-8-11-4-5-11/h11-13H,1-9H2,(H,16,18). The zero-order valence-corrected chi connectivity index (χ0v) is 11.4. The molecule has 3 aliphatic rings. The lowest BCUT2D eigenvalue weighted by Gasteiger charge is -2.32. The molecule has 0 spiro atoms. The van der Waals surface area contributed by atoms with Gasteiger partial charge in [0.15, 0.2) is 0 Å². The number of nitrogens with one attached hydrogen (secondary N) is 1. The van der Waals surface area contributed by atoms with Crippen molar-refractivity contribution in [2.75, 3.05) is 19.6 Å². The van der Waals surface area contributed by atoms with Crippen LogP contribution in [0.4, 0.5) is 0 Å². The molecule has 4 heteroatoms. The summed E-state index contributed by atoms with van der Waals surface area (Å²) in [6.07, 6.45) is 5.19. The third kappa shape index (κ3) is 2.99. The highest BCUT2D eigenvalue weighted by atomic mass is 16.2. The van der Waals surface area contributed by atoms with Crippen LogP contribution < -0.4 is 5.32 Å². The predicted octanol–water partition coefficient (Wildman–Crippen LogP) is 1.33. The highest BCUT2D eigenvalue weighted by molar-refractivity contribution is 5.87. The summed E-state index contributed by atoms with van der Waals surface area (Å²) in [5, 5.41) is 3.03. The summed E-state index contributed by atoms with van der Waals surface area (Å²) in [5.74, 6) is 1.07. The van der Waals surface area contributed by atoms with Gasteiger partial charge in [0.1, 0.15) is 0 Å². The minimum absolute atomic E-state index is 0.0107. The van der Waals surface area contributed by atoms with Crippen molar-refractivity contribution in [1.82, 2.24) is 10.2 Å². The van der Waals surface area contributed by atoms with Gasteiger partial charge in [0.25, 0.3) is 0 Å². The van der Waals surface area contributed by atoms with E-state index < -0.39 is 0 Å². The maximum absolute atomic E-state index is 12.1. The Labute approximate surface area is 114 Å². The molecule has 0 aromatic carbocycles. The maximum Gasteiger partial charge on any atom is 0.230 e. The van der Waals surface area contributed by atoms with E-state index in [1.165, 1.54) is 12.8 Å². The van der Waals surface area contributed by atoms with Crippen molar-refractivity contribution in [2.45, 2.75) is 32.1 Å².